The largest absolute Gasteiger partial charge is 0.265 e. The van der Waals surface area contributed by atoms with Crippen LogP contribution in [-0.2, 0) is 0 Å². The van der Waals surface area contributed by atoms with Crippen LogP contribution in [-0.4, -0.2) is 6.71 Å². The molecule has 0 aliphatic rings. The fourth-order valence-electron chi connectivity index (χ4n) is 3.47. The first-order chi connectivity index (χ1) is 15.7. The fourth-order valence-corrected chi connectivity index (χ4v) is 3.47. The maximum atomic E-state index is 14.8. The van der Waals surface area contributed by atoms with Crippen molar-refractivity contribution in [2.75, 3.05) is 0 Å². The van der Waals surface area contributed by atoms with Crippen molar-refractivity contribution in [2.45, 2.75) is 20.8 Å². The Hall–Kier alpha value is -3.12. The molecule has 3 aromatic carbocycles. The molecule has 0 aromatic heterocycles. The molecule has 0 N–H and O–H groups in total. The van der Waals surface area contributed by atoms with Crippen LogP contribution in [0.2, 0.25) is 0 Å². The number of halogens is 12. The molecule has 34 heavy (non-hydrogen) atoms. The van der Waals surface area contributed by atoms with Crippen molar-refractivity contribution in [3.05, 3.63) is 86.5 Å². The van der Waals surface area contributed by atoms with Crippen LogP contribution in [0.25, 0.3) is 0 Å². The van der Waals surface area contributed by atoms with Crippen molar-refractivity contribution in [3.8, 4) is 0 Å². The van der Waals surface area contributed by atoms with Crippen molar-refractivity contribution in [1.29, 1.82) is 0 Å². The molecule has 0 saturated heterocycles. The van der Waals surface area contributed by atoms with E-state index >= 15 is 0 Å². The molecular formula is C21H9BF12. The maximum absolute atomic E-state index is 14.8. The fraction of sp³-hybridized carbons (Fsp3) is 0.143. The van der Waals surface area contributed by atoms with Crippen LogP contribution in [0.4, 0.5) is 52.7 Å². The zero-order valence-electron chi connectivity index (χ0n) is 17.1. The molecular weight excluding hydrogens is 491 g/mol. The monoisotopic (exact) mass is 500 g/mol. The smallest absolute Gasteiger partial charge is 0.204 e. The summed E-state index contributed by atoms with van der Waals surface area (Å²) in [6, 6.07) is 0. The quantitative estimate of drug-likeness (QED) is 0.276. The van der Waals surface area contributed by atoms with E-state index in [9.17, 15) is 52.7 Å². The number of hydrogen-bond donors (Lipinski definition) is 0. The van der Waals surface area contributed by atoms with Gasteiger partial charge in [0.1, 0.15) is 0 Å². The predicted octanol–water partition coefficient (Wildman–Crippen LogP) is 4.80. The van der Waals surface area contributed by atoms with E-state index < -0.39 is 110 Å². The number of hydrogen-bond acceptors (Lipinski definition) is 0. The second-order valence-electron chi connectivity index (χ2n) is 7.32. The van der Waals surface area contributed by atoms with Gasteiger partial charge in [-0.15, -0.1) is 0 Å². The van der Waals surface area contributed by atoms with E-state index in [0.29, 0.717) is 20.8 Å². The van der Waals surface area contributed by atoms with Gasteiger partial charge in [0.15, 0.2) is 69.8 Å². The molecule has 0 spiro atoms. The Morgan fingerprint density at radius 1 is 0.294 bits per heavy atom. The molecule has 0 nitrogen and oxygen atoms in total. The molecule has 0 heterocycles. The summed E-state index contributed by atoms with van der Waals surface area (Å²) in [5.41, 5.74) is -10.5. The van der Waals surface area contributed by atoms with E-state index in [4.69, 9.17) is 0 Å². The van der Waals surface area contributed by atoms with Crippen molar-refractivity contribution >= 4 is 23.1 Å². The van der Waals surface area contributed by atoms with Crippen molar-refractivity contribution in [1.82, 2.24) is 0 Å². The maximum Gasteiger partial charge on any atom is 0.265 e. The molecule has 0 aliphatic carbocycles. The van der Waals surface area contributed by atoms with Crippen LogP contribution >= 0.6 is 0 Å². The zero-order valence-corrected chi connectivity index (χ0v) is 17.1. The van der Waals surface area contributed by atoms with Gasteiger partial charge in [-0.05, 0) is 20.8 Å². The third-order valence-corrected chi connectivity index (χ3v) is 5.42. The minimum Gasteiger partial charge on any atom is -0.204 e. The topological polar surface area (TPSA) is 0 Å². The number of benzene rings is 3. The van der Waals surface area contributed by atoms with Gasteiger partial charge in [-0.1, -0.05) is 0 Å². The first-order valence-electron chi connectivity index (χ1n) is 9.13. The highest BCUT2D eigenvalue weighted by Gasteiger charge is 2.43. The molecule has 0 bridgehead atoms. The minimum absolute atomic E-state index is 0.522. The highest BCUT2D eigenvalue weighted by atomic mass is 19.2. The highest BCUT2D eigenvalue weighted by Crippen LogP contribution is 2.24. The zero-order chi connectivity index (χ0) is 26.0. The summed E-state index contributed by atoms with van der Waals surface area (Å²) >= 11 is 0. The lowest BCUT2D eigenvalue weighted by molar-refractivity contribution is 0.447. The molecule has 0 atom stereocenters. The summed E-state index contributed by atoms with van der Waals surface area (Å²) in [6.45, 7) is -1.89. The number of rotatable bonds is 3. The second kappa shape index (κ2) is 8.59. The molecule has 180 valence electrons. The van der Waals surface area contributed by atoms with Gasteiger partial charge in [0.2, 0.25) is 0 Å². The van der Waals surface area contributed by atoms with Crippen molar-refractivity contribution < 1.29 is 52.7 Å². The van der Waals surface area contributed by atoms with Crippen LogP contribution in [0, 0.1) is 90.6 Å². The van der Waals surface area contributed by atoms with Gasteiger partial charge in [0.05, 0.1) is 0 Å². The van der Waals surface area contributed by atoms with Gasteiger partial charge in [0.25, 0.3) is 6.71 Å². The van der Waals surface area contributed by atoms with Crippen LogP contribution < -0.4 is 16.4 Å². The third-order valence-electron chi connectivity index (χ3n) is 5.42. The summed E-state index contributed by atoms with van der Waals surface area (Å²) in [6.07, 6.45) is 0. The van der Waals surface area contributed by atoms with Crippen LogP contribution in [0.15, 0.2) is 0 Å². The SMILES string of the molecule is Cc1c(F)c(F)c(B(c2c(F)c(F)c(C)c(F)c2F)c2c(F)c(F)c(C)c(F)c2F)c(F)c1F. The Labute approximate surface area is 183 Å². The normalized spacial score (nSPS) is 11.4. The molecule has 0 saturated carbocycles. The summed E-state index contributed by atoms with van der Waals surface area (Å²) in [4.78, 5) is 0. The molecule has 0 unspecified atom stereocenters. The van der Waals surface area contributed by atoms with Gasteiger partial charge < -0.3 is 0 Å². The first-order valence-corrected chi connectivity index (χ1v) is 9.13. The minimum atomic E-state index is -3.46. The van der Waals surface area contributed by atoms with E-state index in [1.807, 2.05) is 0 Å². The Morgan fingerprint density at radius 3 is 0.588 bits per heavy atom. The first kappa shape index (κ1) is 25.5. The highest BCUT2D eigenvalue weighted by molar-refractivity contribution is 6.95. The Morgan fingerprint density at radius 2 is 0.441 bits per heavy atom. The average molecular weight is 500 g/mol. The summed E-state index contributed by atoms with van der Waals surface area (Å²) < 4.78 is 174. The molecule has 0 fully saturated rings. The van der Waals surface area contributed by atoms with Crippen molar-refractivity contribution in [3.63, 3.8) is 0 Å². The Kier molecular flexibility index (Phi) is 6.44. The standard InChI is InChI=1S/C21H9BF12/c1-4-10(23)16(29)7(17(30)11(4)24)22(8-18(31)12(25)5(2)13(26)19(8)32)9-20(33)14(27)6(3)15(28)21(9)34/h1-3H3. The molecule has 0 radical (unpaired) electrons. The van der Waals surface area contributed by atoms with E-state index in [1.165, 1.54) is 0 Å². The summed E-state index contributed by atoms with van der Waals surface area (Å²) in [5, 5.41) is 0. The molecule has 0 amide bonds. The van der Waals surface area contributed by atoms with E-state index in [-0.39, 0.29) is 0 Å². The van der Waals surface area contributed by atoms with Gasteiger partial charge in [-0.2, -0.15) is 0 Å². The third kappa shape index (κ3) is 3.43. The average Bonchev–Trinajstić information content (AvgIpc) is 2.81. The van der Waals surface area contributed by atoms with E-state index in [1.54, 1.807) is 0 Å². The van der Waals surface area contributed by atoms with Crippen LogP contribution in [0.5, 0.6) is 0 Å². The van der Waals surface area contributed by atoms with Crippen molar-refractivity contribution in [2.24, 2.45) is 0 Å². The van der Waals surface area contributed by atoms with Gasteiger partial charge in [-0.3, -0.25) is 0 Å². The molecule has 3 aromatic rings. The van der Waals surface area contributed by atoms with E-state index in [0.717, 1.165) is 0 Å². The lowest BCUT2D eigenvalue weighted by atomic mass is 9.35. The van der Waals surface area contributed by atoms with Crippen LogP contribution in [0.1, 0.15) is 16.7 Å². The lowest BCUT2D eigenvalue weighted by Gasteiger charge is -2.22. The Bertz CT molecular complexity index is 1110. The lowest BCUT2D eigenvalue weighted by Crippen LogP contribution is -2.60. The summed E-state index contributed by atoms with van der Waals surface area (Å²) in [7, 11) is 0. The molecule has 0 aliphatic heterocycles. The molecule has 3 rings (SSSR count). The summed E-state index contributed by atoms with van der Waals surface area (Å²) in [5.74, 6) is -28.1. The van der Waals surface area contributed by atoms with Gasteiger partial charge in [-0.25, -0.2) is 52.7 Å². The Balaban J connectivity index is 2.68. The van der Waals surface area contributed by atoms with Gasteiger partial charge in [0, 0.05) is 33.1 Å². The molecule has 13 heteroatoms. The van der Waals surface area contributed by atoms with E-state index in [2.05, 4.69) is 0 Å². The second-order valence-corrected chi connectivity index (χ2v) is 7.32. The van der Waals surface area contributed by atoms with Crippen LogP contribution in [0.3, 0.4) is 0 Å². The van der Waals surface area contributed by atoms with Gasteiger partial charge >= 0.3 is 0 Å². The predicted molar refractivity (Wildman–Crippen MR) is 97.7 cm³/mol.